The van der Waals surface area contributed by atoms with Crippen LogP contribution in [0.5, 0.6) is 11.5 Å². The molecule has 0 spiro atoms. The maximum absolute atomic E-state index is 13.9. The number of nitrogens with one attached hydrogen (secondary N) is 1. The van der Waals surface area contributed by atoms with Crippen molar-refractivity contribution in [1.29, 1.82) is 0 Å². The van der Waals surface area contributed by atoms with Crippen molar-refractivity contribution >= 4 is 16.9 Å². The monoisotopic (exact) mass is 369 g/mol. The summed E-state index contributed by atoms with van der Waals surface area (Å²) < 4.78 is 26.7. The Kier molecular flexibility index (Phi) is 4.43. The number of methoxy groups -OCH3 is 1. The van der Waals surface area contributed by atoms with E-state index in [1.54, 1.807) is 13.2 Å². The second-order valence-corrected chi connectivity index (χ2v) is 6.49. The number of rotatable bonds is 5. The van der Waals surface area contributed by atoms with Gasteiger partial charge in [0.05, 0.1) is 12.6 Å². The molecule has 1 amide bonds. The maximum Gasteiger partial charge on any atom is 0.261 e. The van der Waals surface area contributed by atoms with E-state index in [1.165, 1.54) is 6.07 Å². The van der Waals surface area contributed by atoms with Gasteiger partial charge < -0.3 is 19.4 Å². The predicted molar refractivity (Wildman–Crippen MR) is 98.5 cm³/mol. The normalized spacial score (nSPS) is 15.4. The predicted octanol–water partition coefficient (Wildman–Crippen LogP) is 2.38. The molecule has 0 bridgehead atoms. The molecule has 4 rings (SSSR count). The zero-order valence-electron chi connectivity index (χ0n) is 15.2. The van der Waals surface area contributed by atoms with Crippen LogP contribution in [-0.4, -0.2) is 35.2 Å². The summed E-state index contributed by atoms with van der Waals surface area (Å²) in [7, 11) is 3.42. The molecule has 0 fully saturated rings. The van der Waals surface area contributed by atoms with Gasteiger partial charge in [0.15, 0.2) is 23.4 Å². The number of ether oxygens (including phenoxy) is 2. The Bertz CT molecular complexity index is 1020. The van der Waals surface area contributed by atoms with Crippen LogP contribution in [0.15, 0.2) is 36.4 Å². The lowest BCUT2D eigenvalue weighted by atomic mass is 10.1. The van der Waals surface area contributed by atoms with Gasteiger partial charge in [-0.15, -0.1) is 0 Å². The van der Waals surface area contributed by atoms with Crippen LogP contribution in [-0.2, 0) is 24.7 Å². The number of carbonyl (C=O) groups is 1. The smallest absolute Gasteiger partial charge is 0.261 e. The molecule has 0 radical (unpaired) electrons. The quantitative estimate of drug-likeness (QED) is 0.750. The van der Waals surface area contributed by atoms with Gasteiger partial charge in [-0.2, -0.15) is 0 Å². The molecule has 1 aromatic heterocycles. The highest BCUT2D eigenvalue weighted by molar-refractivity contribution is 5.83. The summed E-state index contributed by atoms with van der Waals surface area (Å²) in [5.41, 5.74) is 2.04. The summed E-state index contributed by atoms with van der Waals surface area (Å²) in [5, 5.41) is 2.88. The van der Waals surface area contributed by atoms with Gasteiger partial charge in [-0.1, -0.05) is 18.2 Å². The lowest BCUT2D eigenvalue weighted by molar-refractivity contribution is -0.127. The van der Waals surface area contributed by atoms with E-state index in [4.69, 9.17) is 9.47 Å². The molecule has 2 heterocycles. The fraction of sp³-hybridized carbons (Fsp3) is 0.300. The summed E-state index contributed by atoms with van der Waals surface area (Å²) in [6.45, 7) is 0.394. The van der Waals surface area contributed by atoms with E-state index in [-0.39, 0.29) is 11.7 Å². The van der Waals surface area contributed by atoms with E-state index in [0.29, 0.717) is 42.2 Å². The second kappa shape index (κ2) is 6.90. The number of aromatic nitrogens is 2. The summed E-state index contributed by atoms with van der Waals surface area (Å²) >= 11 is 0. The molecule has 1 atom stereocenters. The lowest BCUT2D eigenvalue weighted by Gasteiger charge is -2.12. The van der Waals surface area contributed by atoms with Crippen molar-refractivity contribution in [2.45, 2.75) is 18.9 Å². The van der Waals surface area contributed by atoms with E-state index >= 15 is 0 Å². The molecule has 0 aliphatic carbocycles. The van der Waals surface area contributed by atoms with Crippen LogP contribution in [0.2, 0.25) is 0 Å². The van der Waals surface area contributed by atoms with Gasteiger partial charge >= 0.3 is 0 Å². The second-order valence-electron chi connectivity index (χ2n) is 6.49. The molecule has 140 valence electrons. The Morgan fingerprint density at radius 2 is 2.19 bits per heavy atom. The Labute approximate surface area is 155 Å². The number of hydrogen-bond acceptors (Lipinski definition) is 4. The van der Waals surface area contributed by atoms with E-state index in [2.05, 4.69) is 10.3 Å². The van der Waals surface area contributed by atoms with Crippen molar-refractivity contribution in [2.75, 3.05) is 13.7 Å². The number of aryl methyl sites for hydroxylation is 1. The molecular weight excluding hydrogens is 349 g/mol. The molecule has 0 saturated carbocycles. The van der Waals surface area contributed by atoms with Crippen LogP contribution in [0.3, 0.4) is 0 Å². The first-order valence-corrected chi connectivity index (χ1v) is 8.78. The molecular formula is C20H20FN3O3. The van der Waals surface area contributed by atoms with Crippen LogP contribution in [0, 0.1) is 5.82 Å². The minimum absolute atomic E-state index is 0.182. The van der Waals surface area contributed by atoms with Gasteiger partial charge in [0.1, 0.15) is 11.3 Å². The number of carbonyl (C=O) groups excluding carboxylic acids is 1. The summed E-state index contributed by atoms with van der Waals surface area (Å²) in [5.74, 6) is 1.45. The first-order chi connectivity index (χ1) is 13.1. The Hall–Kier alpha value is -3.09. The van der Waals surface area contributed by atoms with Crippen molar-refractivity contribution in [2.24, 2.45) is 7.05 Å². The molecule has 1 aliphatic heterocycles. The number of benzene rings is 2. The average Bonchev–Trinajstić information content (AvgIpc) is 3.24. The van der Waals surface area contributed by atoms with Gasteiger partial charge in [0.2, 0.25) is 0 Å². The third kappa shape index (κ3) is 3.09. The van der Waals surface area contributed by atoms with Gasteiger partial charge in [-0.05, 0) is 18.2 Å². The van der Waals surface area contributed by atoms with Crippen molar-refractivity contribution < 1.29 is 18.7 Å². The number of para-hydroxylation sites is 2. The van der Waals surface area contributed by atoms with Crippen molar-refractivity contribution in [3.05, 3.63) is 53.6 Å². The Morgan fingerprint density at radius 1 is 1.37 bits per heavy atom. The first-order valence-electron chi connectivity index (χ1n) is 8.78. The summed E-state index contributed by atoms with van der Waals surface area (Å²) in [6, 6.07) is 10.5. The van der Waals surface area contributed by atoms with Crippen LogP contribution < -0.4 is 14.8 Å². The number of fused-ring (bicyclic) bond motifs is 2. The van der Waals surface area contributed by atoms with Gasteiger partial charge in [0, 0.05) is 32.0 Å². The number of nitrogens with zero attached hydrogens (tertiary/aromatic N) is 2. The van der Waals surface area contributed by atoms with E-state index < -0.39 is 6.10 Å². The van der Waals surface area contributed by atoms with E-state index in [9.17, 15) is 9.18 Å². The Balaban J connectivity index is 1.38. The highest BCUT2D eigenvalue weighted by Gasteiger charge is 2.31. The van der Waals surface area contributed by atoms with Crippen LogP contribution in [0.4, 0.5) is 4.39 Å². The molecule has 27 heavy (non-hydrogen) atoms. The molecule has 7 heteroatoms. The first kappa shape index (κ1) is 17.3. The van der Waals surface area contributed by atoms with Crippen LogP contribution in [0.25, 0.3) is 11.0 Å². The van der Waals surface area contributed by atoms with E-state index in [1.807, 2.05) is 35.9 Å². The number of imidazole rings is 1. The number of hydrogen-bond donors (Lipinski definition) is 1. The van der Waals surface area contributed by atoms with Crippen molar-refractivity contribution in [1.82, 2.24) is 14.9 Å². The largest absolute Gasteiger partial charge is 0.493 e. The maximum atomic E-state index is 13.9. The van der Waals surface area contributed by atoms with Crippen molar-refractivity contribution in [3.63, 3.8) is 0 Å². The molecule has 2 aromatic carbocycles. The summed E-state index contributed by atoms with van der Waals surface area (Å²) in [4.78, 5) is 16.8. The highest BCUT2D eigenvalue weighted by atomic mass is 19.1. The van der Waals surface area contributed by atoms with Gasteiger partial charge in [-0.25, -0.2) is 9.37 Å². The minimum atomic E-state index is -0.575. The Morgan fingerprint density at radius 3 is 2.96 bits per heavy atom. The molecule has 1 aliphatic rings. The standard InChI is InChI=1S/C20H20FN3O3/c1-24-14-7-4-6-13(21)18(14)23-17(24)9-10-22-20(25)16-11-12-5-3-8-15(26-2)19(12)27-16/h3-8,16H,9-11H2,1-2H3,(H,22,25). The third-order valence-electron chi connectivity index (χ3n) is 4.84. The molecule has 1 N–H and O–H groups in total. The molecule has 1 unspecified atom stereocenters. The number of halogens is 1. The fourth-order valence-electron chi connectivity index (χ4n) is 3.41. The van der Waals surface area contributed by atoms with Crippen molar-refractivity contribution in [3.8, 4) is 11.5 Å². The zero-order valence-corrected chi connectivity index (χ0v) is 15.2. The van der Waals surface area contributed by atoms with Gasteiger partial charge in [0.25, 0.3) is 5.91 Å². The SMILES string of the molecule is COc1cccc2c1OC(C(=O)NCCc1nc3c(F)cccc3n1C)C2. The summed E-state index contributed by atoms with van der Waals surface area (Å²) in [6.07, 6.45) is 0.434. The minimum Gasteiger partial charge on any atom is -0.493 e. The third-order valence-corrected chi connectivity index (χ3v) is 4.84. The number of amides is 1. The average molecular weight is 369 g/mol. The highest BCUT2D eigenvalue weighted by Crippen LogP contribution is 2.37. The van der Waals surface area contributed by atoms with E-state index in [0.717, 1.165) is 11.1 Å². The molecule has 0 saturated heterocycles. The van der Waals surface area contributed by atoms with Crippen LogP contribution >= 0.6 is 0 Å². The molecule has 6 nitrogen and oxygen atoms in total. The van der Waals surface area contributed by atoms with Crippen LogP contribution in [0.1, 0.15) is 11.4 Å². The lowest BCUT2D eigenvalue weighted by Crippen LogP contribution is -2.38. The fourth-order valence-corrected chi connectivity index (χ4v) is 3.41. The topological polar surface area (TPSA) is 65.4 Å². The van der Waals surface area contributed by atoms with Gasteiger partial charge in [-0.3, -0.25) is 4.79 Å². The molecule has 3 aromatic rings. The zero-order chi connectivity index (χ0) is 19.0.